The maximum absolute atomic E-state index is 5.49. The maximum Gasteiger partial charge on any atom is 0.236 e. The van der Waals surface area contributed by atoms with Crippen LogP contribution < -0.4 is 5.32 Å². The highest BCUT2D eigenvalue weighted by Crippen LogP contribution is 2.23. The third kappa shape index (κ3) is 3.15. The third-order valence-electron chi connectivity index (χ3n) is 2.94. The lowest BCUT2D eigenvalue weighted by atomic mass is 10.3. The summed E-state index contributed by atoms with van der Waals surface area (Å²) in [6.45, 7) is 3.65. The molecule has 0 unspecified atom stereocenters. The second-order valence-electron chi connectivity index (χ2n) is 4.63. The Morgan fingerprint density at radius 1 is 1.45 bits per heavy atom. The Balaban J connectivity index is 1.53. The van der Waals surface area contributed by atoms with Crippen LogP contribution in [-0.2, 0) is 13.1 Å². The first-order chi connectivity index (χ1) is 9.81. The second kappa shape index (κ2) is 6.02. The number of nitrogens with zero attached hydrogens (tertiary/aromatic N) is 3. The lowest BCUT2D eigenvalue weighted by molar-refractivity contribution is 0.448. The summed E-state index contributed by atoms with van der Waals surface area (Å²) >= 11 is 1.63. The van der Waals surface area contributed by atoms with Gasteiger partial charge in [-0.25, -0.2) is 4.98 Å². The number of nitrogens with one attached hydrogen (secondary N) is 1. The van der Waals surface area contributed by atoms with Crippen molar-refractivity contribution in [2.24, 2.45) is 0 Å². The quantitative estimate of drug-likeness (QED) is 0.758. The fourth-order valence-electron chi connectivity index (χ4n) is 1.93. The van der Waals surface area contributed by atoms with Crippen LogP contribution in [0.4, 0.5) is 0 Å². The molecule has 0 aliphatic heterocycles. The van der Waals surface area contributed by atoms with Crippen LogP contribution in [0.1, 0.15) is 12.6 Å². The summed E-state index contributed by atoms with van der Waals surface area (Å²) < 4.78 is 7.40. The zero-order valence-electron chi connectivity index (χ0n) is 11.2. The van der Waals surface area contributed by atoms with E-state index < -0.39 is 0 Å². The van der Waals surface area contributed by atoms with Gasteiger partial charge < -0.3 is 9.73 Å². The Kier molecular flexibility index (Phi) is 3.94. The van der Waals surface area contributed by atoms with E-state index in [1.54, 1.807) is 23.8 Å². The molecule has 1 N–H and O–H groups in total. The number of hydrogen-bond acceptors (Lipinski definition) is 5. The van der Waals surface area contributed by atoms with Crippen molar-refractivity contribution < 1.29 is 4.42 Å². The summed E-state index contributed by atoms with van der Waals surface area (Å²) in [5.74, 6) is 0.691. The topological polar surface area (TPSA) is 55.9 Å². The smallest absolute Gasteiger partial charge is 0.236 e. The summed E-state index contributed by atoms with van der Waals surface area (Å²) in [6.07, 6.45) is 5.46. The van der Waals surface area contributed by atoms with Crippen molar-refractivity contribution in [2.75, 3.05) is 0 Å². The zero-order chi connectivity index (χ0) is 13.8. The molecule has 0 fully saturated rings. The molecule has 0 saturated carbocycles. The van der Waals surface area contributed by atoms with E-state index in [0.29, 0.717) is 18.5 Å². The Labute approximate surface area is 121 Å². The molecule has 1 atom stereocenters. The Bertz CT molecular complexity index is 630. The molecule has 3 rings (SSSR count). The zero-order valence-corrected chi connectivity index (χ0v) is 12.0. The van der Waals surface area contributed by atoms with E-state index in [2.05, 4.69) is 22.3 Å². The van der Waals surface area contributed by atoms with Crippen LogP contribution in [0.25, 0.3) is 10.8 Å². The molecular weight excluding hydrogens is 272 g/mol. The first kappa shape index (κ1) is 13.1. The van der Waals surface area contributed by atoms with Crippen molar-refractivity contribution in [3.63, 3.8) is 0 Å². The fourth-order valence-corrected chi connectivity index (χ4v) is 2.59. The molecule has 0 aliphatic rings. The highest BCUT2D eigenvalue weighted by Gasteiger charge is 2.09. The molecule has 6 heteroatoms. The molecule has 0 aliphatic carbocycles. The van der Waals surface area contributed by atoms with Gasteiger partial charge in [-0.15, -0.1) is 11.3 Å². The number of thiophene rings is 1. The summed E-state index contributed by atoms with van der Waals surface area (Å²) in [5.41, 5.74) is 0.917. The predicted octanol–water partition coefficient (Wildman–Crippen LogP) is 2.78. The van der Waals surface area contributed by atoms with Gasteiger partial charge in [0.25, 0.3) is 0 Å². The Hall–Kier alpha value is -1.92. The second-order valence-corrected chi connectivity index (χ2v) is 5.58. The van der Waals surface area contributed by atoms with E-state index in [0.717, 1.165) is 17.1 Å². The number of oxazole rings is 1. The first-order valence-electron chi connectivity index (χ1n) is 6.50. The van der Waals surface area contributed by atoms with Crippen molar-refractivity contribution in [1.29, 1.82) is 0 Å². The van der Waals surface area contributed by atoms with Gasteiger partial charge in [-0.2, -0.15) is 5.10 Å². The van der Waals surface area contributed by atoms with E-state index in [1.165, 1.54) is 0 Å². The van der Waals surface area contributed by atoms with Crippen LogP contribution in [0.3, 0.4) is 0 Å². The SMILES string of the molecule is C[C@@H](Cn1cccn1)NCc1coc(-c2cccs2)n1. The molecule has 104 valence electrons. The molecule has 3 aromatic heterocycles. The van der Waals surface area contributed by atoms with Gasteiger partial charge in [-0.05, 0) is 24.4 Å². The predicted molar refractivity (Wildman–Crippen MR) is 78.3 cm³/mol. The largest absolute Gasteiger partial charge is 0.444 e. The van der Waals surface area contributed by atoms with Gasteiger partial charge in [0.05, 0.1) is 17.1 Å². The first-order valence-corrected chi connectivity index (χ1v) is 7.38. The molecule has 5 nitrogen and oxygen atoms in total. The summed E-state index contributed by atoms with van der Waals surface area (Å²) in [4.78, 5) is 5.54. The molecule has 0 amide bonds. The number of rotatable bonds is 6. The molecule has 0 saturated heterocycles. The minimum Gasteiger partial charge on any atom is -0.444 e. The van der Waals surface area contributed by atoms with E-state index in [1.807, 2.05) is 34.5 Å². The lowest BCUT2D eigenvalue weighted by Crippen LogP contribution is -2.30. The highest BCUT2D eigenvalue weighted by molar-refractivity contribution is 7.13. The van der Waals surface area contributed by atoms with Gasteiger partial charge in [0.15, 0.2) is 0 Å². The lowest BCUT2D eigenvalue weighted by Gasteiger charge is -2.12. The monoisotopic (exact) mass is 288 g/mol. The Morgan fingerprint density at radius 2 is 2.40 bits per heavy atom. The van der Waals surface area contributed by atoms with Gasteiger partial charge in [0.1, 0.15) is 6.26 Å². The van der Waals surface area contributed by atoms with E-state index in [4.69, 9.17) is 4.42 Å². The van der Waals surface area contributed by atoms with E-state index in [-0.39, 0.29) is 0 Å². The molecule has 20 heavy (non-hydrogen) atoms. The van der Waals surface area contributed by atoms with Crippen molar-refractivity contribution >= 4 is 11.3 Å². The molecule has 0 aromatic carbocycles. The average Bonchev–Trinajstić information content (AvgIpc) is 3.18. The van der Waals surface area contributed by atoms with Gasteiger partial charge in [0.2, 0.25) is 5.89 Å². The standard InChI is InChI=1S/C14H16N4OS/c1-11(9-18-6-3-5-16-18)15-8-12-10-19-14(17-12)13-4-2-7-20-13/h2-7,10-11,15H,8-9H2,1H3/t11-/m0/s1. The number of aromatic nitrogens is 3. The number of hydrogen-bond donors (Lipinski definition) is 1. The molecule has 0 bridgehead atoms. The summed E-state index contributed by atoms with van der Waals surface area (Å²) in [6, 6.07) is 6.25. The van der Waals surface area contributed by atoms with Crippen LogP contribution in [-0.4, -0.2) is 20.8 Å². The fraction of sp³-hybridized carbons (Fsp3) is 0.286. The van der Waals surface area contributed by atoms with Crippen molar-refractivity contribution in [2.45, 2.75) is 26.1 Å². The van der Waals surface area contributed by atoms with Crippen LogP contribution in [0.15, 0.2) is 46.7 Å². The molecule has 0 spiro atoms. The van der Waals surface area contributed by atoms with E-state index in [9.17, 15) is 0 Å². The van der Waals surface area contributed by atoms with Gasteiger partial charge in [-0.1, -0.05) is 6.07 Å². The van der Waals surface area contributed by atoms with Crippen LogP contribution in [0.5, 0.6) is 0 Å². The van der Waals surface area contributed by atoms with E-state index >= 15 is 0 Å². The summed E-state index contributed by atoms with van der Waals surface area (Å²) in [7, 11) is 0. The van der Waals surface area contributed by atoms with Crippen molar-refractivity contribution in [3.8, 4) is 10.8 Å². The highest BCUT2D eigenvalue weighted by atomic mass is 32.1. The van der Waals surface area contributed by atoms with Gasteiger partial charge in [-0.3, -0.25) is 4.68 Å². The maximum atomic E-state index is 5.49. The van der Waals surface area contributed by atoms with Crippen molar-refractivity contribution in [3.05, 3.63) is 47.9 Å². The van der Waals surface area contributed by atoms with Crippen LogP contribution in [0, 0.1) is 0 Å². The minimum atomic E-state index is 0.316. The van der Waals surface area contributed by atoms with Crippen LogP contribution in [0.2, 0.25) is 0 Å². The molecule has 3 aromatic rings. The van der Waals surface area contributed by atoms with Gasteiger partial charge >= 0.3 is 0 Å². The van der Waals surface area contributed by atoms with Crippen molar-refractivity contribution in [1.82, 2.24) is 20.1 Å². The molecule has 0 radical (unpaired) electrons. The molecule has 3 heterocycles. The Morgan fingerprint density at radius 3 is 3.15 bits per heavy atom. The average molecular weight is 288 g/mol. The van der Waals surface area contributed by atoms with Crippen LogP contribution >= 0.6 is 11.3 Å². The normalized spacial score (nSPS) is 12.7. The summed E-state index contributed by atoms with van der Waals surface area (Å²) in [5, 5.41) is 9.63. The minimum absolute atomic E-state index is 0.316. The van der Waals surface area contributed by atoms with Gasteiger partial charge in [0, 0.05) is 25.0 Å². The third-order valence-corrected chi connectivity index (χ3v) is 3.79. The molecular formula is C14H16N4OS.